The zero-order valence-corrected chi connectivity index (χ0v) is 21.4. The highest BCUT2D eigenvalue weighted by atomic mass is 16.7. The highest BCUT2D eigenvalue weighted by molar-refractivity contribution is 5.60. The van der Waals surface area contributed by atoms with Crippen molar-refractivity contribution in [1.29, 1.82) is 0 Å². The molecule has 3 fully saturated rings. The van der Waals surface area contributed by atoms with E-state index in [9.17, 15) is 4.79 Å². The number of carbonyl (C=O) groups excluding carboxylic acids is 1. The molecule has 0 aliphatic heterocycles. The summed E-state index contributed by atoms with van der Waals surface area (Å²) in [6, 6.07) is 0. The minimum Gasteiger partial charge on any atom is -0.435 e. The van der Waals surface area contributed by atoms with Crippen LogP contribution in [0.15, 0.2) is 59.8 Å². The zero-order valence-electron chi connectivity index (χ0n) is 21.4. The Morgan fingerprint density at radius 1 is 1.15 bits per heavy atom. The lowest BCUT2D eigenvalue weighted by atomic mass is 9.62. The monoisotopic (exact) mass is 452 g/mol. The van der Waals surface area contributed by atoms with E-state index >= 15 is 0 Å². The molecule has 3 rings (SSSR count). The molecule has 0 aromatic carbocycles. The molecular weight excluding hydrogens is 408 g/mol. The lowest BCUT2D eigenvalue weighted by Gasteiger charge is -2.42. The number of allylic oxidation sites excluding steroid dienone is 7. The van der Waals surface area contributed by atoms with Crippen molar-refractivity contribution >= 4 is 6.16 Å². The predicted molar refractivity (Wildman–Crippen MR) is 137 cm³/mol. The molecule has 3 saturated carbocycles. The van der Waals surface area contributed by atoms with Crippen molar-refractivity contribution in [3.63, 3.8) is 0 Å². The Morgan fingerprint density at radius 3 is 2.64 bits per heavy atom. The second-order valence-electron chi connectivity index (χ2n) is 11.0. The first-order chi connectivity index (χ1) is 15.7. The molecule has 0 saturated heterocycles. The Labute approximate surface area is 201 Å². The van der Waals surface area contributed by atoms with E-state index < -0.39 is 11.8 Å². The van der Waals surface area contributed by atoms with Crippen LogP contribution in [0.5, 0.6) is 0 Å². The molecule has 182 valence electrons. The zero-order chi connectivity index (χ0) is 24.1. The van der Waals surface area contributed by atoms with Gasteiger partial charge in [-0.1, -0.05) is 61.1 Å². The first-order valence-electron chi connectivity index (χ1n) is 12.9. The molecule has 0 unspecified atom stereocenters. The van der Waals surface area contributed by atoms with Crippen LogP contribution in [0.3, 0.4) is 0 Å². The molecule has 0 aromatic heterocycles. The number of hydrogen-bond donors (Lipinski definition) is 0. The van der Waals surface area contributed by atoms with Gasteiger partial charge in [0.15, 0.2) is 0 Å². The van der Waals surface area contributed by atoms with E-state index in [0.29, 0.717) is 24.9 Å². The van der Waals surface area contributed by atoms with Crippen LogP contribution >= 0.6 is 0 Å². The summed E-state index contributed by atoms with van der Waals surface area (Å²) in [6.07, 6.45) is 20.3. The van der Waals surface area contributed by atoms with E-state index in [4.69, 9.17) is 9.47 Å². The topological polar surface area (TPSA) is 35.5 Å². The minimum absolute atomic E-state index is 0.282. The molecule has 0 bridgehead atoms. The molecule has 33 heavy (non-hydrogen) atoms. The smallest absolute Gasteiger partial charge is 0.435 e. The van der Waals surface area contributed by atoms with Gasteiger partial charge in [-0.15, -0.1) is 0 Å². The van der Waals surface area contributed by atoms with Gasteiger partial charge in [-0.05, 0) is 101 Å². The molecule has 0 spiro atoms. The van der Waals surface area contributed by atoms with Crippen molar-refractivity contribution in [2.75, 3.05) is 6.61 Å². The fourth-order valence-electron chi connectivity index (χ4n) is 6.27. The van der Waals surface area contributed by atoms with E-state index in [2.05, 4.69) is 44.4 Å². The van der Waals surface area contributed by atoms with Gasteiger partial charge in [0.1, 0.15) is 5.60 Å². The minimum atomic E-state index is -0.603. The number of fused-ring (bicyclic) bond motifs is 1. The van der Waals surface area contributed by atoms with E-state index in [0.717, 1.165) is 6.42 Å². The van der Waals surface area contributed by atoms with Crippen LogP contribution < -0.4 is 0 Å². The van der Waals surface area contributed by atoms with Crippen molar-refractivity contribution in [2.45, 2.75) is 97.5 Å². The highest BCUT2D eigenvalue weighted by Crippen LogP contribution is 2.59. The standard InChI is InChI=1S/C30H44O3/c1-7-32-28(31)33-29(4,5)20-10-13-23(3)26-18-19-27-25(15-11-21-30(26,27)6)17-16-24-14-9-8-12-22(24)2/h10,13,16-17,26-27H,2-3,7-9,11-12,14-15,18-21H2,1,4-6H3/t26-,27+,30-/m1/s1. The number of carbonyl (C=O) groups is 1. The molecule has 0 heterocycles. The van der Waals surface area contributed by atoms with E-state index in [1.54, 1.807) is 12.5 Å². The molecule has 0 amide bonds. The maximum absolute atomic E-state index is 11.7. The van der Waals surface area contributed by atoms with Crippen LogP contribution in [0.25, 0.3) is 0 Å². The second kappa shape index (κ2) is 10.9. The van der Waals surface area contributed by atoms with Gasteiger partial charge in [0.25, 0.3) is 0 Å². The largest absolute Gasteiger partial charge is 0.508 e. The van der Waals surface area contributed by atoms with Crippen LogP contribution in [-0.4, -0.2) is 18.4 Å². The molecule has 3 atom stereocenters. The number of ether oxygens (including phenoxy) is 2. The Balaban J connectivity index is 1.65. The molecule has 0 aromatic rings. The normalized spacial score (nSPS) is 30.6. The van der Waals surface area contributed by atoms with Gasteiger partial charge >= 0.3 is 6.16 Å². The first kappa shape index (κ1) is 25.6. The second-order valence-corrected chi connectivity index (χ2v) is 11.0. The van der Waals surface area contributed by atoms with E-state index in [1.165, 1.54) is 68.1 Å². The fourth-order valence-corrected chi connectivity index (χ4v) is 6.27. The third-order valence-corrected chi connectivity index (χ3v) is 8.10. The van der Waals surface area contributed by atoms with Gasteiger partial charge in [0.05, 0.1) is 6.61 Å². The van der Waals surface area contributed by atoms with Gasteiger partial charge < -0.3 is 9.47 Å². The third kappa shape index (κ3) is 6.31. The molecular formula is C30H44O3. The number of rotatable bonds is 7. The predicted octanol–water partition coefficient (Wildman–Crippen LogP) is 8.64. The summed E-state index contributed by atoms with van der Waals surface area (Å²) in [4.78, 5) is 11.7. The highest BCUT2D eigenvalue weighted by Gasteiger charge is 2.49. The number of hydrogen-bond acceptors (Lipinski definition) is 3. The average molecular weight is 453 g/mol. The van der Waals surface area contributed by atoms with Crippen LogP contribution in [-0.2, 0) is 9.47 Å². The van der Waals surface area contributed by atoms with Crippen LogP contribution in [0.2, 0.25) is 0 Å². The Hall–Kier alpha value is -2.03. The maximum atomic E-state index is 11.7. The molecule has 0 N–H and O–H groups in total. The van der Waals surface area contributed by atoms with Gasteiger partial charge in [-0.3, -0.25) is 0 Å². The molecule has 3 nitrogen and oxygen atoms in total. The quantitative estimate of drug-likeness (QED) is 0.286. The van der Waals surface area contributed by atoms with Crippen molar-refractivity contribution in [1.82, 2.24) is 0 Å². The maximum Gasteiger partial charge on any atom is 0.508 e. The van der Waals surface area contributed by atoms with Crippen LogP contribution in [0.4, 0.5) is 4.79 Å². The van der Waals surface area contributed by atoms with Crippen molar-refractivity contribution in [3.8, 4) is 0 Å². The van der Waals surface area contributed by atoms with Crippen molar-refractivity contribution < 1.29 is 14.3 Å². The molecule has 0 radical (unpaired) electrons. The van der Waals surface area contributed by atoms with Gasteiger partial charge in [-0.2, -0.15) is 0 Å². The summed E-state index contributed by atoms with van der Waals surface area (Å²) in [5.74, 6) is 1.16. The van der Waals surface area contributed by atoms with Crippen LogP contribution in [0, 0.1) is 17.3 Å². The average Bonchev–Trinajstić information content (AvgIpc) is 3.10. The van der Waals surface area contributed by atoms with Gasteiger partial charge in [0, 0.05) is 6.42 Å². The Bertz CT molecular complexity index is 841. The Morgan fingerprint density at radius 2 is 1.91 bits per heavy atom. The summed E-state index contributed by atoms with van der Waals surface area (Å²) >= 11 is 0. The summed E-state index contributed by atoms with van der Waals surface area (Å²) in [5, 5.41) is 0. The molecule has 3 heteroatoms. The van der Waals surface area contributed by atoms with Gasteiger partial charge in [0.2, 0.25) is 0 Å². The third-order valence-electron chi connectivity index (χ3n) is 8.10. The lowest BCUT2D eigenvalue weighted by Crippen LogP contribution is -2.33. The van der Waals surface area contributed by atoms with E-state index in [-0.39, 0.29) is 5.41 Å². The summed E-state index contributed by atoms with van der Waals surface area (Å²) in [5.41, 5.74) is 5.35. The molecule has 3 aliphatic rings. The SMILES string of the molecule is C=C1CCCCC1=CC=C1CCC[C@]2(C)[C@@H](C(=C)C=CCC(C)(C)OC(=O)OCC)CC[C@@H]12. The Kier molecular flexibility index (Phi) is 8.48. The summed E-state index contributed by atoms with van der Waals surface area (Å²) < 4.78 is 10.3. The van der Waals surface area contributed by atoms with Crippen LogP contribution in [0.1, 0.15) is 91.9 Å². The lowest BCUT2D eigenvalue weighted by molar-refractivity contribution is -0.0127. The van der Waals surface area contributed by atoms with Crippen molar-refractivity contribution in [2.24, 2.45) is 17.3 Å². The fraction of sp³-hybridized carbons (Fsp3) is 0.633. The van der Waals surface area contributed by atoms with E-state index in [1.807, 2.05) is 13.8 Å². The van der Waals surface area contributed by atoms with Crippen molar-refractivity contribution in [3.05, 3.63) is 59.8 Å². The molecule has 3 aliphatic carbocycles. The first-order valence-corrected chi connectivity index (χ1v) is 12.9. The summed E-state index contributed by atoms with van der Waals surface area (Å²) in [7, 11) is 0. The van der Waals surface area contributed by atoms with Gasteiger partial charge in [-0.25, -0.2) is 4.79 Å². The summed E-state index contributed by atoms with van der Waals surface area (Å²) in [6.45, 7) is 17.2.